The minimum atomic E-state index is -0.394. The number of nitrogens with zero attached hydrogens (tertiary/aromatic N) is 2. The number of nitrogens with one attached hydrogen (secondary N) is 1. The zero-order valence-corrected chi connectivity index (χ0v) is 15.3. The van der Waals surface area contributed by atoms with Crippen LogP contribution in [0.15, 0.2) is 60.8 Å². The first kappa shape index (κ1) is 17.3. The number of hydrogen-bond acceptors (Lipinski definition) is 2. The lowest BCUT2D eigenvalue weighted by atomic mass is 10.0. The van der Waals surface area contributed by atoms with Crippen LogP contribution in [0.4, 0.5) is 5.69 Å². The largest absolute Gasteiger partial charge is 0.338 e. The van der Waals surface area contributed by atoms with Crippen molar-refractivity contribution in [3.8, 4) is 0 Å². The molecule has 0 bridgehead atoms. The summed E-state index contributed by atoms with van der Waals surface area (Å²) in [6, 6.07) is 17.5. The van der Waals surface area contributed by atoms with Crippen LogP contribution in [0, 0.1) is 0 Å². The van der Waals surface area contributed by atoms with Gasteiger partial charge in [-0.25, -0.2) is 0 Å². The monoisotopic (exact) mass is 361 g/mol. The normalized spacial score (nSPS) is 17.8. The van der Waals surface area contributed by atoms with E-state index in [1.54, 1.807) is 0 Å². The molecule has 5 nitrogen and oxygen atoms in total. The molecule has 1 saturated heterocycles. The molecule has 27 heavy (non-hydrogen) atoms. The molecule has 1 aromatic heterocycles. The fraction of sp³-hybridized carbons (Fsp3) is 0.273. The third-order valence-corrected chi connectivity index (χ3v) is 5.41. The van der Waals surface area contributed by atoms with Crippen molar-refractivity contribution < 1.29 is 9.59 Å². The second-order valence-electron chi connectivity index (χ2n) is 7.09. The van der Waals surface area contributed by atoms with Crippen molar-refractivity contribution in [2.45, 2.75) is 31.8 Å². The minimum absolute atomic E-state index is 0.138. The Bertz CT molecular complexity index is 964. The maximum atomic E-state index is 13.5. The lowest BCUT2D eigenvalue weighted by Gasteiger charge is -2.28. The summed E-state index contributed by atoms with van der Waals surface area (Å²) in [6.07, 6.45) is 4.75. The predicted molar refractivity (Wildman–Crippen MR) is 107 cm³/mol. The van der Waals surface area contributed by atoms with Crippen molar-refractivity contribution in [2.75, 3.05) is 11.9 Å². The maximum absolute atomic E-state index is 13.5. The topological polar surface area (TPSA) is 54.3 Å². The second-order valence-corrected chi connectivity index (χ2v) is 7.09. The number of carbonyl (C=O) groups is 2. The highest BCUT2D eigenvalue weighted by atomic mass is 16.2. The average molecular weight is 361 g/mol. The van der Waals surface area contributed by atoms with Gasteiger partial charge in [0, 0.05) is 35.4 Å². The summed E-state index contributed by atoms with van der Waals surface area (Å²) in [5, 5.41) is 3.67. The lowest BCUT2D eigenvalue weighted by Crippen LogP contribution is -2.39. The van der Waals surface area contributed by atoms with E-state index < -0.39 is 6.04 Å². The third-order valence-electron chi connectivity index (χ3n) is 5.41. The molecule has 1 fully saturated rings. The molecular formula is C22H23N3O2. The van der Waals surface area contributed by atoms with E-state index >= 15 is 0 Å². The van der Waals surface area contributed by atoms with Crippen LogP contribution in [0.2, 0.25) is 0 Å². The molecule has 2 aromatic carbocycles. The average Bonchev–Trinajstić information content (AvgIpc) is 3.29. The molecule has 4 rings (SSSR count). The van der Waals surface area contributed by atoms with Crippen molar-refractivity contribution in [2.24, 2.45) is 0 Å². The van der Waals surface area contributed by atoms with E-state index in [1.807, 2.05) is 70.3 Å². The molecule has 1 N–H and O–H groups in total. The summed E-state index contributed by atoms with van der Waals surface area (Å²) >= 11 is 0. The van der Waals surface area contributed by atoms with Gasteiger partial charge < -0.3 is 14.8 Å². The van der Waals surface area contributed by atoms with E-state index in [-0.39, 0.29) is 11.9 Å². The van der Waals surface area contributed by atoms with Gasteiger partial charge in [-0.3, -0.25) is 9.59 Å². The molecule has 0 saturated carbocycles. The fourth-order valence-electron chi connectivity index (χ4n) is 4.02. The van der Waals surface area contributed by atoms with Crippen LogP contribution >= 0.6 is 0 Å². The van der Waals surface area contributed by atoms with Gasteiger partial charge >= 0.3 is 0 Å². The predicted octanol–water partition coefficient (Wildman–Crippen LogP) is 3.81. The summed E-state index contributed by atoms with van der Waals surface area (Å²) in [4.78, 5) is 26.2. The van der Waals surface area contributed by atoms with E-state index in [2.05, 4.69) is 12.2 Å². The van der Waals surface area contributed by atoms with Crippen LogP contribution in [-0.4, -0.2) is 34.4 Å². The third kappa shape index (κ3) is 3.21. The molecule has 2 amide bonds. The Balaban J connectivity index is 1.80. The van der Waals surface area contributed by atoms with E-state index in [9.17, 15) is 9.59 Å². The number of fused-ring (bicyclic) bond motifs is 1. The Morgan fingerprint density at radius 2 is 2.00 bits per heavy atom. The first-order valence-electron chi connectivity index (χ1n) is 9.35. The van der Waals surface area contributed by atoms with Crippen LogP contribution in [0.25, 0.3) is 10.9 Å². The van der Waals surface area contributed by atoms with Crippen LogP contribution < -0.4 is 5.32 Å². The number of amides is 2. The molecule has 0 aliphatic carbocycles. The molecule has 2 atom stereocenters. The molecular weight excluding hydrogens is 338 g/mol. The Morgan fingerprint density at radius 1 is 1.19 bits per heavy atom. The molecule has 5 heteroatoms. The maximum Gasteiger partial charge on any atom is 0.250 e. The Morgan fingerprint density at radius 3 is 2.70 bits per heavy atom. The van der Waals surface area contributed by atoms with E-state index in [4.69, 9.17) is 0 Å². The zero-order valence-electron chi connectivity index (χ0n) is 15.3. The fourth-order valence-corrected chi connectivity index (χ4v) is 4.02. The molecule has 0 radical (unpaired) electrons. The SMILES string of the molecule is C[C@@H]1CCCN1C(=O)C(c1ccccc1)n1ccc2cc(NC=O)ccc21. The van der Waals surface area contributed by atoms with Gasteiger partial charge in [0.1, 0.15) is 6.04 Å². The van der Waals surface area contributed by atoms with Crippen molar-refractivity contribution in [1.82, 2.24) is 9.47 Å². The number of likely N-dealkylation sites (tertiary alicyclic amines) is 1. The molecule has 1 unspecified atom stereocenters. The highest BCUT2D eigenvalue weighted by Crippen LogP contribution is 2.30. The number of anilines is 1. The van der Waals surface area contributed by atoms with Gasteiger partial charge in [0.2, 0.25) is 6.41 Å². The van der Waals surface area contributed by atoms with Gasteiger partial charge in [-0.1, -0.05) is 30.3 Å². The van der Waals surface area contributed by atoms with Gasteiger partial charge in [0.15, 0.2) is 0 Å². The van der Waals surface area contributed by atoms with Gasteiger partial charge in [0.05, 0.1) is 0 Å². The van der Waals surface area contributed by atoms with Crippen molar-refractivity contribution >= 4 is 28.9 Å². The zero-order chi connectivity index (χ0) is 18.8. The number of hydrogen-bond donors (Lipinski definition) is 1. The number of benzene rings is 2. The van der Waals surface area contributed by atoms with Crippen molar-refractivity contribution in [1.29, 1.82) is 0 Å². The molecule has 1 aliphatic heterocycles. The Labute approximate surface area is 158 Å². The summed E-state index contributed by atoms with van der Waals surface area (Å²) in [7, 11) is 0. The summed E-state index contributed by atoms with van der Waals surface area (Å²) in [5.41, 5.74) is 2.70. The Hall–Kier alpha value is -3.08. The minimum Gasteiger partial charge on any atom is -0.338 e. The molecule has 2 heterocycles. The Kier molecular flexibility index (Phi) is 4.67. The summed E-state index contributed by atoms with van der Waals surface area (Å²) in [5.74, 6) is 0.138. The first-order valence-corrected chi connectivity index (χ1v) is 9.35. The number of carbonyl (C=O) groups excluding carboxylic acids is 2. The second kappa shape index (κ2) is 7.27. The van der Waals surface area contributed by atoms with Crippen LogP contribution in [0.1, 0.15) is 31.4 Å². The van der Waals surface area contributed by atoms with Gasteiger partial charge in [-0.2, -0.15) is 0 Å². The van der Waals surface area contributed by atoms with Crippen molar-refractivity contribution in [3.05, 3.63) is 66.4 Å². The smallest absolute Gasteiger partial charge is 0.250 e. The molecule has 0 spiro atoms. The van der Waals surface area contributed by atoms with Crippen molar-refractivity contribution in [3.63, 3.8) is 0 Å². The quantitative estimate of drug-likeness (QED) is 0.703. The van der Waals surface area contributed by atoms with E-state index in [0.29, 0.717) is 6.41 Å². The highest BCUT2D eigenvalue weighted by Gasteiger charge is 2.33. The highest BCUT2D eigenvalue weighted by molar-refractivity contribution is 5.90. The van der Waals surface area contributed by atoms with Crippen LogP contribution in [0.3, 0.4) is 0 Å². The summed E-state index contributed by atoms with van der Waals surface area (Å²) in [6.45, 7) is 2.94. The standard InChI is InChI=1S/C22H23N3O2/c1-16-6-5-12-24(16)22(27)21(17-7-3-2-4-8-17)25-13-11-18-14-19(23-15-26)9-10-20(18)25/h2-4,7-11,13-16,21H,5-6,12H2,1H3,(H,23,26)/t16-,21?/m1/s1. The molecule has 138 valence electrons. The van der Waals surface area contributed by atoms with E-state index in [0.717, 1.165) is 41.5 Å². The lowest BCUT2D eigenvalue weighted by molar-refractivity contribution is -0.134. The van der Waals surface area contributed by atoms with E-state index in [1.165, 1.54) is 0 Å². The first-order chi connectivity index (χ1) is 13.2. The number of aromatic nitrogens is 1. The van der Waals surface area contributed by atoms with Gasteiger partial charge in [0.25, 0.3) is 5.91 Å². The number of rotatable bonds is 5. The van der Waals surface area contributed by atoms with Crippen LogP contribution in [0.5, 0.6) is 0 Å². The van der Waals surface area contributed by atoms with Gasteiger partial charge in [-0.05, 0) is 49.6 Å². The van der Waals surface area contributed by atoms with Gasteiger partial charge in [-0.15, -0.1) is 0 Å². The van der Waals surface area contributed by atoms with Crippen LogP contribution in [-0.2, 0) is 9.59 Å². The summed E-state index contributed by atoms with van der Waals surface area (Å²) < 4.78 is 2.04. The molecule has 3 aromatic rings. The molecule has 1 aliphatic rings.